The minimum Gasteiger partial charge on any atom is -0.378 e. The van der Waals surface area contributed by atoms with Crippen LogP contribution in [0.2, 0.25) is 0 Å². The minimum atomic E-state index is 0.742. The Hall–Kier alpha value is -2.38. The molecule has 7 nitrogen and oxygen atoms in total. The quantitative estimate of drug-likeness (QED) is 0.703. The summed E-state index contributed by atoms with van der Waals surface area (Å²) in [6.07, 6.45) is 3.96. The second-order valence-electron chi connectivity index (χ2n) is 6.45. The van der Waals surface area contributed by atoms with Gasteiger partial charge in [-0.15, -0.1) is 0 Å². The monoisotopic (exact) mass is 339 g/mol. The highest BCUT2D eigenvalue weighted by Crippen LogP contribution is 2.32. The fourth-order valence-corrected chi connectivity index (χ4v) is 3.65. The molecule has 0 N–H and O–H groups in total. The molecule has 0 radical (unpaired) electrons. The number of hydrogen-bond donors (Lipinski definition) is 0. The van der Waals surface area contributed by atoms with Crippen LogP contribution in [0, 0.1) is 0 Å². The number of anilines is 1. The van der Waals surface area contributed by atoms with Gasteiger partial charge in [-0.25, -0.2) is 0 Å². The Labute approximate surface area is 145 Å². The lowest BCUT2D eigenvalue weighted by atomic mass is 10.1. The molecule has 7 heteroatoms. The highest BCUT2D eigenvalue weighted by atomic mass is 16.5. The van der Waals surface area contributed by atoms with Crippen molar-refractivity contribution in [2.75, 3.05) is 62.5 Å². The standard InChI is InChI=1S/C18H21N5O2/c1-2-14-12-16(21-4-8-24-9-5-21)18-15(17(14)19-3-1)13-23(20-18)22-6-10-25-11-7-22/h1-3,12-13H,4-11H2. The van der Waals surface area contributed by atoms with Gasteiger partial charge in [-0.1, -0.05) is 6.07 Å². The van der Waals surface area contributed by atoms with Crippen LogP contribution in [-0.2, 0) is 9.47 Å². The first kappa shape index (κ1) is 14.9. The van der Waals surface area contributed by atoms with Gasteiger partial charge in [-0.05, 0) is 12.1 Å². The van der Waals surface area contributed by atoms with Crippen LogP contribution in [0.15, 0.2) is 30.6 Å². The van der Waals surface area contributed by atoms with Gasteiger partial charge in [0.1, 0.15) is 5.52 Å². The molecule has 2 saturated heterocycles. The van der Waals surface area contributed by atoms with E-state index in [0.29, 0.717) is 0 Å². The van der Waals surface area contributed by atoms with Crippen molar-refractivity contribution in [3.05, 3.63) is 30.6 Å². The molecule has 0 amide bonds. The van der Waals surface area contributed by atoms with E-state index in [-0.39, 0.29) is 0 Å². The van der Waals surface area contributed by atoms with Gasteiger partial charge in [0.05, 0.1) is 62.3 Å². The van der Waals surface area contributed by atoms with Crippen LogP contribution in [-0.4, -0.2) is 67.5 Å². The van der Waals surface area contributed by atoms with Crippen molar-refractivity contribution >= 4 is 27.5 Å². The fourth-order valence-electron chi connectivity index (χ4n) is 3.65. The number of nitrogens with zero attached hydrogens (tertiary/aromatic N) is 5. The molecule has 0 unspecified atom stereocenters. The van der Waals surface area contributed by atoms with Gasteiger partial charge in [-0.2, -0.15) is 9.89 Å². The van der Waals surface area contributed by atoms with Crippen molar-refractivity contribution in [3.63, 3.8) is 0 Å². The lowest BCUT2D eigenvalue weighted by Crippen LogP contribution is -2.44. The number of morpholine rings is 2. The molecule has 2 aromatic heterocycles. The molecule has 0 spiro atoms. The minimum absolute atomic E-state index is 0.742. The molecule has 2 aliphatic heterocycles. The number of hydrogen-bond acceptors (Lipinski definition) is 6. The number of aromatic nitrogens is 3. The van der Waals surface area contributed by atoms with Crippen molar-refractivity contribution < 1.29 is 9.47 Å². The highest BCUT2D eigenvalue weighted by molar-refractivity contribution is 6.09. The van der Waals surface area contributed by atoms with Crippen LogP contribution >= 0.6 is 0 Å². The first-order valence-electron chi connectivity index (χ1n) is 8.83. The summed E-state index contributed by atoms with van der Waals surface area (Å²) < 4.78 is 11.0. The predicted molar refractivity (Wildman–Crippen MR) is 96.8 cm³/mol. The SMILES string of the molecule is c1cnc2c(c1)cc(N1CCOCC1)c1nn(N3CCOCC3)cc12. The van der Waals surface area contributed by atoms with Gasteiger partial charge in [0.25, 0.3) is 0 Å². The second-order valence-corrected chi connectivity index (χ2v) is 6.45. The van der Waals surface area contributed by atoms with E-state index in [1.54, 1.807) is 0 Å². The van der Waals surface area contributed by atoms with Crippen LogP contribution < -0.4 is 9.91 Å². The number of fused-ring (bicyclic) bond motifs is 3. The molecule has 1 aromatic carbocycles. The lowest BCUT2D eigenvalue weighted by Gasteiger charge is -2.29. The lowest BCUT2D eigenvalue weighted by molar-refractivity contribution is 0.109. The number of benzene rings is 1. The number of ether oxygens (including phenoxy) is 2. The zero-order valence-electron chi connectivity index (χ0n) is 14.1. The molecule has 130 valence electrons. The first-order valence-corrected chi connectivity index (χ1v) is 8.83. The summed E-state index contributed by atoms with van der Waals surface area (Å²) >= 11 is 0. The topological polar surface area (TPSA) is 55.7 Å². The molecule has 4 heterocycles. The van der Waals surface area contributed by atoms with Crippen molar-refractivity contribution in [2.45, 2.75) is 0 Å². The normalized spacial score (nSPS) is 19.0. The molecule has 2 fully saturated rings. The maximum Gasteiger partial charge on any atom is 0.120 e. The summed E-state index contributed by atoms with van der Waals surface area (Å²) in [6.45, 7) is 6.50. The highest BCUT2D eigenvalue weighted by Gasteiger charge is 2.20. The second kappa shape index (κ2) is 6.16. The van der Waals surface area contributed by atoms with E-state index in [1.165, 1.54) is 5.69 Å². The number of rotatable bonds is 2. The van der Waals surface area contributed by atoms with Crippen LogP contribution in [0.4, 0.5) is 5.69 Å². The molecular weight excluding hydrogens is 318 g/mol. The maximum atomic E-state index is 5.52. The van der Waals surface area contributed by atoms with E-state index < -0.39 is 0 Å². The van der Waals surface area contributed by atoms with E-state index in [1.807, 2.05) is 17.1 Å². The largest absolute Gasteiger partial charge is 0.378 e. The van der Waals surface area contributed by atoms with Gasteiger partial charge in [0.15, 0.2) is 0 Å². The van der Waals surface area contributed by atoms with Gasteiger partial charge in [-0.3, -0.25) is 9.99 Å². The van der Waals surface area contributed by atoms with Crippen LogP contribution in [0.5, 0.6) is 0 Å². The zero-order chi connectivity index (χ0) is 16.6. The molecule has 3 aromatic rings. The van der Waals surface area contributed by atoms with Crippen molar-refractivity contribution in [1.29, 1.82) is 0 Å². The summed E-state index contributed by atoms with van der Waals surface area (Å²) in [5.41, 5.74) is 3.19. The third kappa shape index (κ3) is 2.60. The smallest absolute Gasteiger partial charge is 0.120 e. The average molecular weight is 339 g/mol. The molecule has 0 atom stereocenters. The Bertz CT molecular complexity index is 897. The Morgan fingerprint density at radius 2 is 1.68 bits per heavy atom. The van der Waals surface area contributed by atoms with Crippen LogP contribution in [0.25, 0.3) is 21.8 Å². The Kier molecular flexibility index (Phi) is 3.68. The Balaban J connectivity index is 1.69. The third-order valence-electron chi connectivity index (χ3n) is 4.96. The van der Waals surface area contributed by atoms with E-state index >= 15 is 0 Å². The van der Waals surface area contributed by atoms with Crippen molar-refractivity contribution in [3.8, 4) is 0 Å². The maximum absolute atomic E-state index is 5.52. The van der Waals surface area contributed by atoms with Crippen molar-refractivity contribution in [1.82, 2.24) is 14.9 Å². The molecule has 5 rings (SSSR count). The molecule has 2 aliphatic rings. The van der Waals surface area contributed by atoms with Crippen LogP contribution in [0.1, 0.15) is 0 Å². The summed E-state index contributed by atoms with van der Waals surface area (Å²) in [5.74, 6) is 0. The molecule has 0 aliphatic carbocycles. The van der Waals surface area contributed by atoms with Crippen LogP contribution in [0.3, 0.4) is 0 Å². The van der Waals surface area contributed by atoms with E-state index in [4.69, 9.17) is 14.6 Å². The summed E-state index contributed by atoms with van der Waals surface area (Å²) in [6, 6.07) is 6.33. The zero-order valence-corrected chi connectivity index (χ0v) is 14.1. The van der Waals surface area contributed by atoms with E-state index in [9.17, 15) is 0 Å². The van der Waals surface area contributed by atoms with Gasteiger partial charge >= 0.3 is 0 Å². The van der Waals surface area contributed by atoms with E-state index in [2.05, 4.69) is 33.2 Å². The Morgan fingerprint density at radius 3 is 2.48 bits per heavy atom. The summed E-state index contributed by atoms with van der Waals surface area (Å²) in [5, 5.41) is 9.40. The summed E-state index contributed by atoms with van der Waals surface area (Å²) in [4.78, 5) is 8.96. The molecule has 0 bridgehead atoms. The van der Waals surface area contributed by atoms with E-state index in [0.717, 1.165) is 74.4 Å². The Morgan fingerprint density at radius 1 is 0.920 bits per heavy atom. The fraction of sp³-hybridized carbons (Fsp3) is 0.444. The predicted octanol–water partition coefficient (Wildman–Crippen LogP) is 1.39. The third-order valence-corrected chi connectivity index (χ3v) is 4.96. The summed E-state index contributed by atoms with van der Waals surface area (Å²) in [7, 11) is 0. The first-order chi connectivity index (χ1) is 12.4. The molecule has 25 heavy (non-hydrogen) atoms. The van der Waals surface area contributed by atoms with Crippen molar-refractivity contribution in [2.24, 2.45) is 0 Å². The number of pyridine rings is 1. The average Bonchev–Trinajstić information content (AvgIpc) is 3.14. The van der Waals surface area contributed by atoms with Gasteiger partial charge < -0.3 is 14.4 Å². The van der Waals surface area contributed by atoms with Gasteiger partial charge in [0.2, 0.25) is 0 Å². The van der Waals surface area contributed by atoms with Gasteiger partial charge in [0, 0.05) is 24.7 Å². The molecule has 0 saturated carbocycles. The molecular formula is C18H21N5O2.